The van der Waals surface area contributed by atoms with Gasteiger partial charge in [-0.3, -0.25) is 9.69 Å². The third-order valence-electron chi connectivity index (χ3n) is 6.99. The molecule has 176 valence electrons. The first kappa shape index (κ1) is 23.7. The van der Waals surface area contributed by atoms with Gasteiger partial charge < -0.3 is 15.4 Å². The number of ether oxygens (including phenoxy) is 1. The van der Waals surface area contributed by atoms with E-state index in [0.29, 0.717) is 16.9 Å². The lowest BCUT2D eigenvalue weighted by atomic mass is 9.87. The van der Waals surface area contributed by atoms with Crippen molar-refractivity contribution in [3.8, 4) is 11.8 Å². The van der Waals surface area contributed by atoms with Gasteiger partial charge in [-0.05, 0) is 61.5 Å². The molecule has 1 fully saturated rings. The molecule has 0 spiro atoms. The van der Waals surface area contributed by atoms with Gasteiger partial charge >= 0.3 is 0 Å². The molecule has 0 aromatic heterocycles. The Morgan fingerprint density at radius 3 is 2.68 bits per heavy atom. The molecule has 2 unspecified atom stereocenters. The molecule has 2 N–H and O–H groups in total. The fourth-order valence-corrected chi connectivity index (χ4v) is 4.84. The van der Waals surface area contributed by atoms with Gasteiger partial charge in [-0.1, -0.05) is 36.4 Å². The molecule has 2 atom stereocenters. The van der Waals surface area contributed by atoms with Gasteiger partial charge in [0.25, 0.3) is 0 Å². The van der Waals surface area contributed by atoms with Gasteiger partial charge in [0.1, 0.15) is 23.2 Å². The summed E-state index contributed by atoms with van der Waals surface area (Å²) in [6, 6.07) is 18.0. The average molecular weight is 461 g/mol. The van der Waals surface area contributed by atoms with Gasteiger partial charge in [0.15, 0.2) is 0 Å². The molecule has 4 rings (SSSR count). The maximum atomic E-state index is 13.8. The predicted molar refractivity (Wildman–Crippen MR) is 130 cm³/mol. The molecule has 0 radical (unpaired) electrons. The second kappa shape index (κ2) is 9.80. The van der Waals surface area contributed by atoms with Crippen LogP contribution in [0.3, 0.4) is 0 Å². The molecule has 0 saturated carbocycles. The Hall–Kier alpha value is -3.47. The van der Waals surface area contributed by atoms with Crippen molar-refractivity contribution in [3.63, 3.8) is 0 Å². The summed E-state index contributed by atoms with van der Waals surface area (Å²) >= 11 is 0. The first-order chi connectivity index (χ1) is 16.4. The highest BCUT2D eigenvalue weighted by atomic mass is 19.1. The van der Waals surface area contributed by atoms with Crippen LogP contribution in [0, 0.1) is 17.1 Å². The third kappa shape index (κ3) is 4.23. The number of nitrogens with zero attached hydrogens (tertiary/aromatic N) is 2. The van der Waals surface area contributed by atoms with Crippen molar-refractivity contribution < 1.29 is 13.9 Å². The van der Waals surface area contributed by atoms with Crippen molar-refractivity contribution in [2.75, 3.05) is 27.2 Å². The summed E-state index contributed by atoms with van der Waals surface area (Å²) in [7, 11) is 3.46. The molecule has 3 aromatic rings. The molecule has 34 heavy (non-hydrogen) atoms. The van der Waals surface area contributed by atoms with Gasteiger partial charge in [0.2, 0.25) is 5.91 Å². The van der Waals surface area contributed by atoms with Crippen molar-refractivity contribution >= 4 is 16.7 Å². The Morgan fingerprint density at radius 2 is 2.03 bits per heavy atom. The van der Waals surface area contributed by atoms with Crippen LogP contribution >= 0.6 is 0 Å². The highest BCUT2D eigenvalue weighted by Gasteiger charge is 2.43. The number of rotatable bonds is 7. The number of likely N-dealkylation sites (N-methyl/N-ethyl adjacent to an activating group) is 1. The molecule has 3 aromatic carbocycles. The summed E-state index contributed by atoms with van der Waals surface area (Å²) < 4.78 is 19.3. The van der Waals surface area contributed by atoms with E-state index in [1.165, 1.54) is 19.2 Å². The SMILES string of the molecule is COc1c(C#N)cc2ccccc2c1CNC(=O)C(C)(c1ccc(F)cc1)N(C)C1CCNC1. The number of methoxy groups -OCH3 is 1. The van der Waals surface area contributed by atoms with E-state index < -0.39 is 5.54 Å². The number of fused-ring (bicyclic) bond motifs is 1. The Kier molecular flexibility index (Phi) is 6.82. The van der Waals surface area contributed by atoms with E-state index in [9.17, 15) is 14.4 Å². The lowest BCUT2D eigenvalue weighted by Crippen LogP contribution is -2.56. The van der Waals surface area contributed by atoms with Crippen LogP contribution in [0.5, 0.6) is 5.75 Å². The monoisotopic (exact) mass is 460 g/mol. The lowest BCUT2D eigenvalue weighted by molar-refractivity contribution is -0.134. The van der Waals surface area contributed by atoms with Crippen LogP contribution in [-0.2, 0) is 16.9 Å². The van der Waals surface area contributed by atoms with E-state index >= 15 is 0 Å². The minimum Gasteiger partial charge on any atom is -0.495 e. The summed E-state index contributed by atoms with van der Waals surface area (Å²) in [5.74, 6) is -0.0958. The predicted octanol–water partition coefficient (Wildman–Crippen LogP) is 3.68. The molecule has 1 aliphatic heterocycles. The van der Waals surface area contributed by atoms with Crippen LogP contribution in [0.15, 0.2) is 54.6 Å². The normalized spacial score (nSPS) is 17.4. The molecular weight excluding hydrogens is 431 g/mol. The molecule has 1 aliphatic rings. The number of hydrogen-bond acceptors (Lipinski definition) is 5. The minimum absolute atomic E-state index is 0.165. The number of nitriles is 1. The summed E-state index contributed by atoms with van der Waals surface area (Å²) in [4.78, 5) is 15.9. The van der Waals surface area contributed by atoms with Crippen LogP contribution in [0.4, 0.5) is 4.39 Å². The van der Waals surface area contributed by atoms with Gasteiger partial charge in [-0.2, -0.15) is 5.26 Å². The van der Waals surface area contributed by atoms with Gasteiger partial charge in [0, 0.05) is 24.7 Å². The Labute approximate surface area is 199 Å². The molecular formula is C27H29FN4O2. The summed E-state index contributed by atoms with van der Waals surface area (Å²) in [5, 5.41) is 17.9. The number of carbonyl (C=O) groups is 1. The first-order valence-corrected chi connectivity index (χ1v) is 11.4. The van der Waals surface area contributed by atoms with Crippen molar-refractivity contribution in [1.29, 1.82) is 5.26 Å². The number of carbonyl (C=O) groups excluding carboxylic acids is 1. The number of amides is 1. The molecule has 1 heterocycles. The molecule has 0 aliphatic carbocycles. The summed E-state index contributed by atoms with van der Waals surface area (Å²) in [6.07, 6.45) is 0.920. The zero-order chi connectivity index (χ0) is 24.3. The standard InChI is InChI=1S/C27H29FN4O2/c1-27(20-8-10-21(28)11-9-20,32(2)22-12-13-30-16-22)26(33)31-17-24-23-7-5-4-6-18(23)14-19(15-29)25(24)34-3/h4-11,14,22,30H,12-13,16-17H2,1-3H3,(H,31,33). The maximum Gasteiger partial charge on any atom is 0.245 e. The Balaban J connectivity index is 1.71. The van der Waals surface area contributed by atoms with E-state index in [0.717, 1.165) is 35.8 Å². The van der Waals surface area contributed by atoms with Gasteiger partial charge in [0.05, 0.1) is 12.7 Å². The highest BCUT2D eigenvalue weighted by molar-refractivity contribution is 5.91. The molecule has 6 nitrogen and oxygen atoms in total. The maximum absolute atomic E-state index is 13.8. The van der Waals surface area contributed by atoms with Crippen LogP contribution in [0.2, 0.25) is 0 Å². The van der Waals surface area contributed by atoms with Crippen molar-refractivity contribution in [2.24, 2.45) is 0 Å². The zero-order valence-corrected chi connectivity index (χ0v) is 19.7. The summed E-state index contributed by atoms with van der Waals surface area (Å²) in [5.41, 5.74) is 0.849. The van der Waals surface area contributed by atoms with Crippen LogP contribution < -0.4 is 15.4 Å². The fourth-order valence-electron chi connectivity index (χ4n) is 4.84. The van der Waals surface area contributed by atoms with Gasteiger partial charge in [-0.15, -0.1) is 0 Å². The van der Waals surface area contributed by atoms with E-state index in [1.54, 1.807) is 18.2 Å². The minimum atomic E-state index is -1.03. The first-order valence-electron chi connectivity index (χ1n) is 11.4. The molecule has 1 amide bonds. The van der Waals surface area contributed by atoms with Crippen LogP contribution in [0.1, 0.15) is 30.0 Å². The van der Waals surface area contributed by atoms with E-state index in [1.807, 2.05) is 38.2 Å². The van der Waals surface area contributed by atoms with Crippen molar-refractivity contribution in [2.45, 2.75) is 31.5 Å². The van der Waals surface area contributed by atoms with E-state index in [4.69, 9.17) is 4.74 Å². The van der Waals surface area contributed by atoms with E-state index in [-0.39, 0.29) is 24.3 Å². The van der Waals surface area contributed by atoms with E-state index in [2.05, 4.69) is 21.6 Å². The largest absolute Gasteiger partial charge is 0.495 e. The Bertz CT molecular complexity index is 1230. The van der Waals surface area contributed by atoms with Crippen molar-refractivity contribution in [3.05, 3.63) is 77.1 Å². The molecule has 7 heteroatoms. The number of nitrogens with one attached hydrogen (secondary N) is 2. The number of hydrogen-bond donors (Lipinski definition) is 2. The highest BCUT2D eigenvalue weighted by Crippen LogP contribution is 2.34. The smallest absolute Gasteiger partial charge is 0.245 e. The van der Waals surface area contributed by atoms with Crippen molar-refractivity contribution in [1.82, 2.24) is 15.5 Å². The third-order valence-corrected chi connectivity index (χ3v) is 6.99. The fraction of sp³-hybridized carbons (Fsp3) is 0.333. The molecule has 0 bridgehead atoms. The number of halogens is 1. The molecule has 1 saturated heterocycles. The topological polar surface area (TPSA) is 77.4 Å². The number of benzene rings is 3. The van der Waals surface area contributed by atoms with Crippen LogP contribution in [0.25, 0.3) is 10.8 Å². The quantitative estimate of drug-likeness (QED) is 0.563. The second-order valence-corrected chi connectivity index (χ2v) is 8.79. The second-order valence-electron chi connectivity index (χ2n) is 8.79. The Morgan fingerprint density at radius 1 is 1.29 bits per heavy atom. The van der Waals surface area contributed by atoms with Gasteiger partial charge in [-0.25, -0.2) is 4.39 Å². The average Bonchev–Trinajstić information content (AvgIpc) is 3.40. The zero-order valence-electron chi connectivity index (χ0n) is 19.7. The summed E-state index contributed by atoms with van der Waals surface area (Å²) in [6.45, 7) is 3.73. The van der Waals surface area contributed by atoms with Crippen LogP contribution in [-0.4, -0.2) is 44.1 Å². The lowest BCUT2D eigenvalue weighted by Gasteiger charge is -2.41.